The van der Waals surface area contributed by atoms with E-state index in [1.807, 2.05) is 23.1 Å². The van der Waals surface area contributed by atoms with Crippen molar-refractivity contribution in [3.8, 4) is 22.4 Å². The van der Waals surface area contributed by atoms with Gasteiger partial charge in [-0.05, 0) is 37.0 Å². The number of aromatic nitrogens is 4. The first kappa shape index (κ1) is 19.3. The Balaban J connectivity index is 1.77. The second-order valence-corrected chi connectivity index (χ2v) is 8.03. The van der Waals surface area contributed by atoms with Crippen LogP contribution in [-0.2, 0) is 13.0 Å². The third-order valence-corrected chi connectivity index (χ3v) is 5.22. The van der Waals surface area contributed by atoms with Crippen LogP contribution in [0.5, 0.6) is 0 Å². The maximum absolute atomic E-state index is 5.03. The maximum Gasteiger partial charge on any atom is 0.0785 e. The van der Waals surface area contributed by atoms with E-state index in [0.717, 1.165) is 64.8 Å². The van der Waals surface area contributed by atoms with Gasteiger partial charge in [0.2, 0.25) is 0 Å². The number of pyridine rings is 2. The monoisotopic (exact) mass is 384 g/mol. The summed E-state index contributed by atoms with van der Waals surface area (Å²) in [5.41, 5.74) is 6.45. The number of benzene rings is 1. The Hall–Kier alpha value is -3.01. The molecular formula is C25H28N4. The Morgan fingerprint density at radius 3 is 2.76 bits per heavy atom. The van der Waals surface area contributed by atoms with Gasteiger partial charge in [-0.25, -0.2) is 0 Å². The first-order valence-corrected chi connectivity index (χ1v) is 10.5. The Bertz CT molecular complexity index is 1110. The van der Waals surface area contributed by atoms with Gasteiger partial charge >= 0.3 is 0 Å². The largest absolute Gasteiger partial charge is 0.272 e. The molecule has 148 valence electrons. The van der Waals surface area contributed by atoms with Crippen molar-refractivity contribution in [3.63, 3.8) is 0 Å². The number of hydrogen-bond donors (Lipinski definition) is 0. The molecule has 3 aromatic heterocycles. The van der Waals surface area contributed by atoms with Crippen LogP contribution in [0.15, 0.2) is 61.1 Å². The van der Waals surface area contributed by atoms with E-state index >= 15 is 0 Å². The molecule has 0 atom stereocenters. The summed E-state index contributed by atoms with van der Waals surface area (Å²) in [6.45, 7) is 7.61. The van der Waals surface area contributed by atoms with Gasteiger partial charge in [0.25, 0.3) is 0 Å². The van der Waals surface area contributed by atoms with E-state index in [9.17, 15) is 0 Å². The van der Waals surface area contributed by atoms with Crippen LogP contribution in [0.3, 0.4) is 0 Å². The van der Waals surface area contributed by atoms with Gasteiger partial charge in [-0.15, -0.1) is 0 Å². The molecule has 0 radical (unpaired) electrons. The summed E-state index contributed by atoms with van der Waals surface area (Å²) >= 11 is 0. The van der Waals surface area contributed by atoms with E-state index in [2.05, 4.69) is 73.4 Å². The molecule has 0 aliphatic heterocycles. The summed E-state index contributed by atoms with van der Waals surface area (Å²) in [6, 6.07) is 14.8. The van der Waals surface area contributed by atoms with E-state index in [1.54, 1.807) is 0 Å². The van der Waals surface area contributed by atoms with Crippen molar-refractivity contribution in [3.05, 3.63) is 66.7 Å². The lowest BCUT2D eigenvalue weighted by atomic mass is 9.99. The molecule has 4 heteroatoms. The highest BCUT2D eigenvalue weighted by Gasteiger charge is 2.13. The van der Waals surface area contributed by atoms with Crippen LogP contribution < -0.4 is 0 Å². The van der Waals surface area contributed by atoms with Crippen LogP contribution in [0.1, 0.15) is 39.3 Å². The fraction of sp³-hybridized carbons (Fsp3) is 0.320. The molecule has 3 heterocycles. The molecule has 4 nitrogen and oxygen atoms in total. The smallest absolute Gasteiger partial charge is 0.0785 e. The predicted octanol–water partition coefficient (Wildman–Crippen LogP) is 6.16. The number of hydrogen-bond acceptors (Lipinski definition) is 3. The predicted molar refractivity (Wildman–Crippen MR) is 120 cm³/mol. The SMILES string of the molecule is CCCc1ccc(-c2cnn(CCC(C)C)c2)c(-c2ccc3cccnc3c2)n1. The maximum atomic E-state index is 5.03. The molecule has 0 saturated carbocycles. The number of fused-ring (bicyclic) bond motifs is 1. The van der Waals surface area contributed by atoms with E-state index < -0.39 is 0 Å². The highest BCUT2D eigenvalue weighted by atomic mass is 15.3. The Labute approximate surface area is 172 Å². The molecule has 4 aromatic rings. The molecule has 4 rings (SSSR count). The highest BCUT2D eigenvalue weighted by Crippen LogP contribution is 2.32. The molecular weight excluding hydrogens is 356 g/mol. The molecule has 29 heavy (non-hydrogen) atoms. The average molecular weight is 385 g/mol. The van der Waals surface area contributed by atoms with E-state index in [0.29, 0.717) is 5.92 Å². The summed E-state index contributed by atoms with van der Waals surface area (Å²) in [5.74, 6) is 0.665. The van der Waals surface area contributed by atoms with Gasteiger partial charge in [-0.1, -0.05) is 51.5 Å². The summed E-state index contributed by atoms with van der Waals surface area (Å²) in [6.07, 6.45) is 9.12. The van der Waals surface area contributed by atoms with E-state index in [-0.39, 0.29) is 0 Å². The molecule has 0 unspecified atom stereocenters. The third kappa shape index (κ3) is 4.37. The van der Waals surface area contributed by atoms with Gasteiger partial charge in [0, 0.05) is 46.7 Å². The van der Waals surface area contributed by atoms with Gasteiger partial charge in [-0.3, -0.25) is 14.6 Å². The zero-order valence-corrected chi connectivity index (χ0v) is 17.5. The van der Waals surface area contributed by atoms with Crippen molar-refractivity contribution in [2.45, 2.75) is 46.6 Å². The molecule has 0 aliphatic carbocycles. The fourth-order valence-corrected chi connectivity index (χ4v) is 3.58. The number of aryl methyl sites for hydroxylation is 2. The van der Waals surface area contributed by atoms with Crippen LogP contribution in [0, 0.1) is 5.92 Å². The lowest BCUT2D eigenvalue weighted by Gasteiger charge is -2.11. The Morgan fingerprint density at radius 2 is 1.93 bits per heavy atom. The molecule has 0 spiro atoms. The van der Waals surface area contributed by atoms with Crippen molar-refractivity contribution in [1.29, 1.82) is 0 Å². The first-order valence-electron chi connectivity index (χ1n) is 10.5. The average Bonchev–Trinajstić information content (AvgIpc) is 3.21. The van der Waals surface area contributed by atoms with Gasteiger partial charge in [0.1, 0.15) is 0 Å². The molecule has 0 bridgehead atoms. The van der Waals surface area contributed by atoms with Gasteiger partial charge < -0.3 is 0 Å². The van der Waals surface area contributed by atoms with Gasteiger partial charge in [0.15, 0.2) is 0 Å². The van der Waals surface area contributed by atoms with E-state index in [4.69, 9.17) is 4.98 Å². The second-order valence-electron chi connectivity index (χ2n) is 8.03. The summed E-state index contributed by atoms with van der Waals surface area (Å²) < 4.78 is 2.04. The molecule has 0 aliphatic rings. The minimum absolute atomic E-state index is 0.665. The van der Waals surface area contributed by atoms with Crippen LogP contribution in [-0.4, -0.2) is 19.7 Å². The lowest BCUT2D eigenvalue weighted by Crippen LogP contribution is -2.01. The minimum Gasteiger partial charge on any atom is -0.272 e. The number of rotatable bonds is 7. The first-order chi connectivity index (χ1) is 14.1. The zero-order chi connectivity index (χ0) is 20.2. The normalized spacial score (nSPS) is 11.4. The van der Waals surface area contributed by atoms with Gasteiger partial charge in [0.05, 0.1) is 17.4 Å². The Morgan fingerprint density at radius 1 is 1.03 bits per heavy atom. The molecule has 0 N–H and O–H groups in total. The van der Waals surface area contributed by atoms with Crippen molar-refractivity contribution in [2.24, 2.45) is 5.92 Å². The summed E-state index contributed by atoms with van der Waals surface area (Å²) in [5, 5.41) is 5.73. The molecule has 0 saturated heterocycles. The Kier molecular flexibility index (Phi) is 5.70. The highest BCUT2D eigenvalue weighted by molar-refractivity contribution is 5.87. The van der Waals surface area contributed by atoms with Crippen molar-refractivity contribution in [1.82, 2.24) is 19.7 Å². The lowest BCUT2D eigenvalue weighted by molar-refractivity contribution is 0.487. The summed E-state index contributed by atoms with van der Waals surface area (Å²) in [4.78, 5) is 9.56. The van der Waals surface area contributed by atoms with Crippen LogP contribution in [0.2, 0.25) is 0 Å². The standard InChI is InChI=1S/C25H28N4/c1-4-6-22-10-11-23(21-16-27-29(17-21)14-12-18(2)3)25(28-22)20-9-8-19-7-5-13-26-24(19)15-20/h5,7-11,13,15-18H,4,6,12,14H2,1-3H3. The molecule has 0 fully saturated rings. The molecule has 0 amide bonds. The zero-order valence-electron chi connectivity index (χ0n) is 17.5. The number of nitrogens with zero attached hydrogens (tertiary/aromatic N) is 4. The van der Waals surface area contributed by atoms with Crippen LogP contribution >= 0.6 is 0 Å². The van der Waals surface area contributed by atoms with Crippen molar-refractivity contribution < 1.29 is 0 Å². The second kappa shape index (κ2) is 8.56. The van der Waals surface area contributed by atoms with Crippen molar-refractivity contribution in [2.75, 3.05) is 0 Å². The van der Waals surface area contributed by atoms with Crippen LogP contribution in [0.4, 0.5) is 0 Å². The fourth-order valence-electron chi connectivity index (χ4n) is 3.58. The topological polar surface area (TPSA) is 43.6 Å². The summed E-state index contributed by atoms with van der Waals surface area (Å²) in [7, 11) is 0. The molecule has 1 aromatic carbocycles. The third-order valence-electron chi connectivity index (χ3n) is 5.22. The van der Waals surface area contributed by atoms with Gasteiger partial charge in [-0.2, -0.15) is 5.10 Å². The quantitative estimate of drug-likeness (QED) is 0.383. The van der Waals surface area contributed by atoms with Crippen molar-refractivity contribution >= 4 is 10.9 Å². The van der Waals surface area contributed by atoms with E-state index in [1.165, 1.54) is 0 Å². The van der Waals surface area contributed by atoms with Crippen LogP contribution in [0.25, 0.3) is 33.3 Å². The minimum atomic E-state index is 0.665.